The summed E-state index contributed by atoms with van der Waals surface area (Å²) in [6.45, 7) is 0.909. The standard InChI is InChI=1S/C7H8N2O4/c10-5-1-2-9(6(11)8-5)7-12-3-4-13-7/h1-2,7H,3-4H2,(H,8,10,11). The van der Waals surface area contributed by atoms with Crippen LogP contribution in [0.4, 0.5) is 0 Å². The van der Waals surface area contributed by atoms with Gasteiger partial charge in [-0.3, -0.25) is 14.3 Å². The fraction of sp³-hybridized carbons (Fsp3) is 0.429. The van der Waals surface area contributed by atoms with Gasteiger partial charge in [0.15, 0.2) is 0 Å². The lowest BCUT2D eigenvalue weighted by Crippen LogP contribution is -2.31. The van der Waals surface area contributed by atoms with E-state index >= 15 is 0 Å². The van der Waals surface area contributed by atoms with Crippen molar-refractivity contribution in [2.75, 3.05) is 13.2 Å². The fourth-order valence-corrected chi connectivity index (χ4v) is 1.10. The van der Waals surface area contributed by atoms with E-state index in [1.807, 2.05) is 0 Å². The van der Waals surface area contributed by atoms with Gasteiger partial charge in [-0.25, -0.2) is 4.79 Å². The van der Waals surface area contributed by atoms with Crippen molar-refractivity contribution < 1.29 is 9.47 Å². The van der Waals surface area contributed by atoms with E-state index in [2.05, 4.69) is 4.98 Å². The van der Waals surface area contributed by atoms with Gasteiger partial charge in [-0.15, -0.1) is 0 Å². The van der Waals surface area contributed by atoms with Gasteiger partial charge >= 0.3 is 5.69 Å². The van der Waals surface area contributed by atoms with E-state index in [-0.39, 0.29) is 0 Å². The molecule has 0 spiro atoms. The predicted octanol–water partition coefficient (Wildman–Crippen LogP) is -0.960. The Morgan fingerprint density at radius 1 is 1.38 bits per heavy atom. The minimum Gasteiger partial charge on any atom is -0.332 e. The first-order valence-corrected chi connectivity index (χ1v) is 3.82. The minimum absolute atomic E-state index is 0.431. The molecule has 0 unspecified atom stereocenters. The summed E-state index contributed by atoms with van der Waals surface area (Å²) in [6.07, 6.45) is 0.640. The lowest BCUT2D eigenvalue weighted by Gasteiger charge is -2.10. The summed E-state index contributed by atoms with van der Waals surface area (Å²) >= 11 is 0. The average Bonchev–Trinajstić information content (AvgIpc) is 2.56. The van der Waals surface area contributed by atoms with Crippen LogP contribution in [-0.2, 0) is 9.47 Å². The Bertz CT molecular complexity index is 401. The number of nitrogens with one attached hydrogen (secondary N) is 1. The Labute approximate surface area is 72.7 Å². The van der Waals surface area contributed by atoms with Crippen LogP contribution < -0.4 is 11.2 Å². The Morgan fingerprint density at radius 3 is 2.69 bits per heavy atom. The highest BCUT2D eigenvalue weighted by Gasteiger charge is 2.18. The molecule has 0 radical (unpaired) electrons. The van der Waals surface area contributed by atoms with Gasteiger partial charge in [-0.05, 0) is 0 Å². The van der Waals surface area contributed by atoms with Crippen molar-refractivity contribution in [3.05, 3.63) is 33.1 Å². The van der Waals surface area contributed by atoms with Crippen LogP contribution in [0.25, 0.3) is 0 Å². The first-order valence-electron chi connectivity index (χ1n) is 3.82. The first kappa shape index (κ1) is 8.21. The van der Waals surface area contributed by atoms with Gasteiger partial charge in [0.05, 0.1) is 13.2 Å². The van der Waals surface area contributed by atoms with E-state index in [0.29, 0.717) is 13.2 Å². The summed E-state index contributed by atoms with van der Waals surface area (Å²) in [7, 11) is 0. The summed E-state index contributed by atoms with van der Waals surface area (Å²) in [5.74, 6) is 0. The van der Waals surface area contributed by atoms with Gasteiger partial charge in [0.2, 0.25) is 6.41 Å². The topological polar surface area (TPSA) is 73.3 Å². The molecular formula is C7H8N2O4. The van der Waals surface area contributed by atoms with Crippen LogP contribution >= 0.6 is 0 Å². The Hall–Kier alpha value is -1.40. The highest BCUT2D eigenvalue weighted by molar-refractivity contribution is 4.83. The minimum atomic E-state index is -0.704. The van der Waals surface area contributed by atoms with Crippen LogP contribution in [0.15, 0.2) is 21.9 Å². The molecule has 0 amide bonds. The SMILES string of the molecule is O=c1ccn(C2OCCO2)c(=O)[nH]1. The molecule has 0 aliphatic carbocycles. The number of ether oxygens (including phenoxy) is 2. The maximum atomic E-state index is 11.2. The second kappa shape index (κ2) is 3.15. The quantitative estimate of drug-likeness (QED) is 0.610. The maximum Gasteiger partial charge on any atom is 0.332 e. The van der Waals surface area contributed by atoms with E-state index in [1.165, 1.54) is 16.8 Å². The number of nitrogens with zero attached hydrogens (tertiary/aromatic N) is 1. The zero-order valence-electron chi connectivity index (χ0n) is 6.73. The van der Waals surface area contributed by atoms with Crippen molar-refractivity contribution in [3.63, 3.8) is 0 Å². The van der Waals surface area contributed by atoms with Gasteiger partial charge in [-0.2, -0.15) is 0 Å². The van der Waals surface area contributed by atoms with Gasteiger partial charge in [0.1, 0.15) is 0 Å². The number of H-pyrrole nitrogens is 1. The normalized spacial score (nSPS) is 17.8. The fourth-order valence-electron chi connectivity index (χ4n) is 1.10. The van der Waals surface area contributed by atoms with Gasteiger partial charge in [0, 0.05) is 12.3 Å². The molecule has 1 fully saturated rings. The molecule has 2 rings (SSSR count). The molecule has 1 aliphatic heterocycles. The van der Waals surface area contributed by atoms with Crippen LogP contribution in [0.5, 0.6) is 0 Å². The van der Waals surface area contributed by atoms with Crippen LogP contribution in [-0.4, -0.2) is 22.8 Å². The average molecular weight is 184 g/mol. The van der Waals surface area contributed by atoms with E-state index in [0.717, 1.165) is 0 Å². The molecule has 6 nitrogen and oxygen atoms in total. The smallest absolute Gasteiger partial charge is 0.332 e. The summed E-state index contributed by atoms with van der Waals surface area (Å²) in [5.41, 5.74) is -0.960. The van der Waals surface area contributed by atoms with Crippen LogP contribution in [0, 0.1) is 0 Å². The molecule has 0 aromatic carbocycles. The number of hydrogen-bond donors (Lipinski definition) is 1. The van der Waals surface area contributed by atoms with Crippen molar-refractivity contribution in [2.45, 2.75) is 6.41 Å². The monoisotopic (exact) mass is 184 g/mol. The lowest BCUT2D eigenvalue weighted by molar-refractivity contribution is -0.104. The lowest BCUT2D eigenvalue weighted by atomic mass is 10.6. The Balaban J connectivity index is 2.40. The summed E-state index contributed by atoms with van der Waals surface area (Å²) in [4.78, 5) is 24.0. The molecule has 0 saturated carbocycles. The molecule has 1 aromatic rings. The molecule has 1 aliphatic rings. The third-order valence-corrected chi connectivity index (χ3v) is 1.68. The largest absolute Gasteiger partial charge is 0.332 e. The third-order valence-electron chi connectivity index (χ3n) is 1.68. The zero-order valence-corrected chi connectivity index (χ0v) is 6.73. The second-order valence-corrected chi connectivity index (χ2v) is 2.57. The van der Waals surface area contributed by atoms with Crippen molar-refractivity contribution >= 4 is 0 Å². The van der Waals surface area contributed by atoms with Crippen molar-refractivity contribution in [2.24, 2.45) is 0 Å². The Morgan fingerprint density at radius 2 is 2.08 bits per heavy atom. The summed E-state index contributed by atoms with van der Waals surface area (Å²) in [5, 5.41) is 0. The second-order valence-electron chi connectivity index (χ2n) is 2.57. The van der Waals surface area contributed by atoms with E-state index in [4.69, 9.17) is 9.47 Å². The highest BCUT2D eigenvalue weighted by atomic mass is 16.7. The number of aromatic amines is 1. The molecule has 0 bridgehead atoms. The summed E-state index contributed by atoms with van der Waals surface area (Å²) in [6, 6.07) is 1.24. The number of aromatic nitrogens is 2. The molecule has 0 atom stereocenters. The van der Waals surface area contributed by atoms with E-state index in [1.54, 1.807) is 0 Å². The Kier molecular flexibility index (Phi) is 1.99. The molecule has 6 heteroatoms. The zero-order chi connectivity index (χ0) is 9.26. The first-order chi connectivity index (χ1) is 6.27. The third kappa shape index (κ3) is 1.53. The van der Waals surface area contributed by atoms with Gasteiger partial charge in [0.25, 0.3) is 5.56 Å². The maximum absolute atomic E-state index is 11.2. The number of hydrogen-bond acceptors (Lipinski definition) is 4. The van der Waals surface area contributed by atoms with Crippen molar-refractivity contribution in [1.29, 1.82) is 0 Å². The highest BCUT2D eigenvalue weighted by Crippen LogP contribution is 2.12. The summed E-state index contributed by atoms with van der Waals surface area (Å²) < 4.78 is 11.3. The molecule has 13 heavy (non-hydrogen) atoms. The molecule has 2 heterocycles. The molecule has 1 aromatic heterocycles. The van der Waals surface area contributed by atoms with Gasteiger partial charge in [-0.1, -0.05) is 0 Å². The van der Waals surface area contributed by atoms with Crippen LogP contribution in [0.2, 0.25) is 0 Å². The van der Waals surface area contributed by atoms with E-state index < -0.39 is 17.7 Å². The van der Waals surface area contributed by atoms with Crippen molar-refractivity contribution in [1.82, 2.24) is 9.55 Å². The molecule has 70 valence electrons. The van der Waals surface area contributed by atoms with Crippen LogP contribution in [0.1, 0.15) is 6.41 Å². The molecule has 1 N–H and O–H groups in total. The van der Waals surface area contributed by atoms with E-state index in [9.17, 15) is 9.59 Å². The van der Waals surface area contributed by atoms with Crippen molar-refractivity contribution in [3.8, 4) is 0 Å². The van der Waals surface area contributed by atoms with Crippen LogP contribution in [0.3, 0.4) is 0 Å². The molecule has 1 saturated heterocycles. The number of rotatable bonds is 1. The predicted molar refractivity (Wildman–Crippen MR) is 42.3 cm³/mol. The van der Waals surface area contributed by atoms with Gasteiger partial charge < -0.3 is 9.47 Å². The molecular weight excluding hydrogens is 176 g/mol.